The maximum atomic E-state index is 12.2. The van der Waals surface area contributed by atoms with Gasteiger partial charge in [0, 0.05) is 12.6 Å². The van der Waals surface area contributed by atoms with Gasteiger partial charge in [-0.1, -0.05) is 64.7 Å². The monoisotopic (exact) mass is 399 g/mol. The first-order valence-corrected chi connectivity index (χ1v) is 9.89. The standard InChI is InChI=1S/C19H30BrNO3/c1-3-4-5-6-7-8-9-10-11-12-13-16(22)15-14-21-18(17(15)20)19(23)24-2/h14,21H,3-13H2,1-2H3. The van der Waals surface area contributed by atoms with Gasteiger partial charge < -0.3 is 9.72 Å². The number of aromatic amines is 1. The highest BCUT2D eigenvalue weighted by Crippen LogP contribution is 2.24. The zero-order chi connectivity index (χ0) is 17.8. The van der Waals surface area contributed by atoms with Crippen LogP contribution in [0.3, 0.4) is 0 Å². The molecular weight excluding hydrogens is 370 g/mol. The van der Waals surface area contributed by atoms with E-state index in [1.54, 1.807) is 6.20 Å². The summed E-state index contributed by atoms with van der Waals surface area (Å²) >= 11 is 3.31. The summed E-state index contributed by atoms with van der Waals surface area (Å²) in [5.41, 5.74) is 0.829. The lowest BCUT2D eigenvalue weighted by Crippen LogP contribution is -2.03. The molecular formula is C19H30BrNO3. The predicted octanol–water partition coefficient (Wildman–Crippen LogP) is 6.06. The minimum absolute atomic E-state index is 0.0628. The number of ether oxygens (including phenoxy) is 1. The number of Topliss-reactive ketones (excluding diaryl/α,β-unsaturated/α-hetero) is 1. The van der Waals surface area contributed by atoms with Crippen molar-refractivity contribution in [1.29, 1.82) is 0 Å². The van der Waals surface area contributed by atoms with Crippen LogP contribution in [-0.4, -0.2) is 23.8 Å². The van der Waals surface area contributed by atoms with Crippen molar-refractivity contribution in [1.82, 2.24) is 4.98 Å². The Morgan fingerprint density at radius 3 is 2.08 bits per heavy atom. The van der Waals surface area contributed by atoms with Crippen LogP contribution in [0.2, 0.25) is 0 Å². The predicted molar refractivity (Wildman–Crippen MR) is 101 cm³/mol. The summed E-state index contributed by atoms with van der Waals surface area (Å²) in [6.07, 6.45) is 14.6. The molecule has 0 spiro atoms. The number of ketones is 1. The highest BCUT2D eigenvalue weighted by Gasteiger charge is 2.19. The van der Waals surface area contributed by atoms with Crippen LogP contribution in [0, 0.1) is 0 Å². The lowest BCUT2D eigenvalue weighted by Gasteiger charge is -2.03. The minimum atomic E-state index is -0.472. The zero-order valence-corrected chi connectivity index (χ0v) is 16.5. The quantitative estimate of drug-likeness (QED) is 0.249. The number of unbranched alkanes of at least 4 members (excludes halogenated alkanes) is 9. The second-order valence-corrected chi connectivity index (χ2v) is 7.03. The molecule has 0 aliphatic carbocycles. The number of halogens is 1. The van der Waals surface area contributed by atoms with Crippen molar-refractivity contribution in [2.45, 2.75) is 77.6 Å². The molecule has 5 heteroatoms. The number of methoxy groups -OCH3 is 1. The highest BCUT2D eigenvalue weighted by atomic mass is 79.9. The summed E-state index contributed by atoms with van der Waals surface area (Å²) in [5.74, 6) is -0.410. The average Bonchev–Trinajstić information content (AvgIpc) is 2.97. The molecule has 4 nitrogen and oxygen atoms in total. The Kier molecular flexibility index (Phi) is 10.7. The van der Waals surface area contributed by atoms with Gasteiger partial charge in [-0.3, -0.25) is 4.79 Å². The largest absolute Gasteiger partial charge is 0.464 e. The van der Waals surface area contributed by atoms with Gasteiger partial charge in [-0.15, -0.1) is 0 Å². The smallest absolute Gasteiger partial charge is 0.355 e. The Hall–Kier alpha value is -1.10. The number of hydrogen-bond donors (Lipinski definition) is 1. The molecule has 0 fully saturated rings. The first-order valence-electron chi connectivity index (χ1n) is 9.10. The number of H-pyrrole nitrogens is 1. The Morgan fingerprint density at radius 2 is 1.54 bits per heavy atom. The third kappa shape index (κ3) is 7.20. The number of esters is 1. The number of carbonyl (C=O) groups excluding carboxylic acids is 2. The van der Waals surface area contributed by atoms with E-state index < -0.39 is 5.97 Å². The molecule has 0 unspecified atom stereocenters. The van der Waals surface area contributed by atoms with Crippen LogP contribution in [0.15, 0.2) is 10.7 Å². The van der Waals surface area contributed by atoms with E-state index >= 15 is 0 Å². The van der Waals surface area contributed by atoms with Crippen LogP contribution in [0.1, 0.15) is 98.4 Å². The van der Waals surface area contributed by atoms with Gasteiger partial charge in [-0.05, 0) is 22.4 Å². The van der Waals surface area contributed by atoms with E-state index in [9.17, 15) is 9.59 Å². The topological polar surface area (TPSA) is 59.2 Å². The number of rotatable bonds is 13. The van der Waals surface area contributed by atoms with Crippen LogP contribution in [0.25, 0.3) is 0 Å². The molecule has 136 valence electrons. The Labute approximate surface area is 153 Å². The van der Waals surface area contributed by atoms with Crippen LogP contribution < -0.4 is 0 Å². The summed E-state index contributed by atoms with van der Waals surface area (Å²) in [5, 5.41) is 0. The number of hydrogen-bond acceptors (Lipinski definition) is 3. The number of nitrogens with one attached hydrogen (secondary N) is 1. The Morgan fingerprint density at radius 1 is 1.00 bits per heavy atom. The summed E-state index contributed by atoms with van der Waals surface area (Å²) in [6.45, 7) is 2.24. The fraction of sp³-hybridized carbons (Fsp3) is 0.684. The van der Waals surface area contributed by atoms with E-state index in [4.69, 9.17) is 0 Å². The van der Waals surface area contributed by atoms with Gasteiger partial charge >= 0.3 is 5.97 Å². The van der Waals surface area contributed by atoms with Crippen molar-refractivity contribution < 1.29 is 14.3 Å². The Bertz CT molecular complexity index is 511. The third-order valence-corrected chi connectivity index (χ3v) is 5.09. The third-order valence-electron chi connectivity index (χ3n) is 4.26. The van der Waals surface area contributed by atoms with Crippen LogP contribution in [0.5, 0.6) is 0 Å². The van der Waals surface area contributed by atoms with Gasteiger partial charge in [0.15, 0.2) is 5.78 Å². The molecule has 0 saturated carbocycles. The van der Waals surface area contributed by atoms with Crippen molar-refractivity contribution in [2.75, 3.05) is 7.11 Å². The molecule has 1 aromatic rings. The number of carbonyl (C=O) groups is 2. The summed E-state index contributed by atoms with van der Waals surface area (Å²) in [4.78, 5) is 26.5. The van der Waals surface area contributed by atoms with E-state index in [0.29, 0.717) is 22.2 Å². The lowest BCUT2D eigenvalue weighted by atomic mass is 10.0. The van der Waals surface area contributed by atoms with Crippen molar-refractivity contribution in [3.63, 3.8) is 0 Å². The van der Waals surface area contributed by atoms with Crippen LogP contribution >= 0.6 is 15.9 Å². The molecule has 0 aromatic carbocycles. The zero-order valence-electron chi connectivity index (χ0n) is 15.0. The van der Waals surface area contributed by atoms with Crippen molar-refractivity contribution in [3.05, 3.63) is 21.9 Å². The molecule has 0 bridgehead atoms. The van der Waals surface area contributed by atoms with Gasteiger partial charge in [-0.2, -0.15) is 0 Å². The summed E-state index contributed by atoms with van der Waals surface area (Å²) < 4.78 is 5.17. The second-order valence-electron chi connectivity index (χ2n) is 6.24. The molecule has 0 saturated heterocycles. The summed E-state index contributed by atoms with van der Waals surface area (Å²) in [6, 6.07) is 0. The SMILES string of the molecule is CCCCCCCCCCCCC(=O)c1c[nH]c(C(=O)OC)c1Br. The van der Waals surface area contributed by atoms with Crippen molar-refractivity contribution in [2.24, 2.45) is 0 Å². The Balaban J connectivity index is 2.16. The summed E-state index contributed by atoms with van der Waals surface area (Å²) in [7, 11) is 1.32. The van der Waals surface area contributed by atoms with Gasteiger partial charge in [-0.25, -0.2) is 4.79 Å². The van der Waals surface area contributed by atoms with Gasteiger partial charge in [0.05, 0.1) is 17.1 Å². The van der Waals surface area contributed by atoms with Gasteiger partial charge in [0.2, 0.25) is 0 Å². The molecule has 1 heterocycles. The molecule has 1 aromatic heterocycles. The molecule has 0 radical (unpaired) electrons. The average molecular weight is 400 g/mol. The van der Waals surface area contributed by atoms with Crippen molar-refractivity contribution >= 4 is 27.7 Å². The molecule has 0 amide bonds. The second kappa shape index (κ2) is 12.3. The molecule has 0 aliphatic rings. The van der Waals surface area contributed by atoms with E-state index in [-0.39, 0.29) is 5.78 Å². The minimum Gasteiger partial charge on any atom is -0.464 e. The fourth-order valence-corrected chi connectivity index (χ4v) is 3.38. The fourth-order valence-electron chi connectivity index (χ4n) is 2.77. The molecule has 1 N–H and O–H groups in total. The van der Waals surface area contributed by atoms with Crippen LogP contribution in [0.4, 0.5) is 0 Å². The van der Waals surface area contributed by atoms with E-state index in [1.165, 1.54) is 58.5 Å². The molecule has 0 atom stereocenters. The van der Waals surface area contributed by atoms with Crippen LogP contribution in [-0.2, 0) is 4.74 Å². The molecule has 24 heavy (non-hydrogen) atoms. The maximum Gasteiger partial charge on any atom is 0.355 e. The van der Waals surface area contributed by atoms with Gasteiger partial charge in [0.25, 0.3) is 0 Å². The van der Waals surface area contributed by atoms with Crippen molar-refractivity contribution in [3.8, 4) is 0 Å². The first-order chi connectivity index (χ1) is 11.6. The van der Waals surface area contributed by atoms with E-state index in [0.717, 1.165) is 12.8 Å². The molecule has 1 rings (SSSR count). The maximum absolute atomic E-state index is 12.2. The first kappa shape index (κ1) is 20.9. The number of aromatic nitrogens is 1. The lowest BCUT2D eigenvalue weighted by molar-refractivity contribution is 0.0593. The van der Waals surface area contributed by atoms with Gasteiger partial charge in [0.1, 0.15) is 5.69 Å². The van der Waals surface area contributed by atoms with E-state index in [1.807, 2.05) is 0 Å². The van der Waals surface area contributed by atoms with E-state index in [2.05, 4.69) is 32.6 Å². The highest BCUT2D eigenvalue weighted by molar-refractivity contribution is 9.10. The molecule has 0 aliphatic heterocycles. The normalized spacial score (nSPS) is 10.8.